The van der Waals surface area contributed by atoms with Gasteiger partial charge in [0.05, 0.1) is 23.3 Å². The van der Waals surface area contributed by atoms with Gasteiger partial charge < -0.3 is 19.7 Å². The van der Waals surface area contributed by atoms with Gasteiger partial charge in [-0.15, -0.1) is 24.0 Å². The smallest absolute Gasteiger partial charge is 0.193 e. The zero-order valence-corrected chi connectivity index (χ0v) is 19.5. The molecule has 2 fully saturated rings. The van der Waals surface area contributed by atoms with Crippen LogP contribution in [0.3, 0.4) is 0 Å². The Morgan fingerprint density at radius 3 is 2.78 bits per heavy atom. The summed E-state index contributed by atoms with van der Waals surface area (Å²) in [6.07, 6.45) is 4.83. The highest BCUT2D eigenvalue weighted by atomic mass is 127. The maximum Gasteiger partial charge on any atom is 0.193 e. The van der Waals surface area contributed by atoms with E-state index in [0.29, 0.717) is 23.7 Å². The number of ether oxygens (including phenoxy) is 2. The Balaban J connectivity index is 0.00000261. The Kier molecular flexibility index (Phi) is 9.75. The van der Waals surface area contributed by atoms with Crippen LogP contribution in [0.4, 0.5) is 4.39 Å². The van der Waals surface area contributed by atoms with E-state index in [2.05, 4.69) is 31.1 Å². The molecule has 2 aliphatic heterocycles. The number of rotatable bonds is 5. The van der Waals surface area contributed by atoms with E-state index in [-0.39, 0.29) is 35.9 Å². The van der Waals surface area contributed by atoms with Gasteiger partial charge in [-0.05, 0) is 59.3 Å². The molecule has 8 heteroatoms. The van der Waals surface area contributed by atoms with Crippen molar-refractivity contribution in [1.82, 2.24) is 10.2 Å². The molecule has 1 aromatic rings. The molecule has 27 heavy (non-hydrogen) atoms. The second-order valence-corrected chi connectivity index (χ2v) is 7.66. The second-order valence-electron chi connectivity index (χ2n) is 6.80. The summed E-state index contributed by atoms with van der Waals surface area (Å²) in [7, 11) is 1.78. The van der Waals surface area contributed by atoms with Gasteiger partial charge in [-0.25, -0.2) is 4.39 Å². The van der Waals surface area contributed by atoms with Gasteiger partial charge in [0, 0.05) is 33.3 Å². The normalized spacial score (nSPS) is 21.2. The number of likely N-dealkylation sites (tertiary alicyclic amines) is 1. The number of hydrogen-bond acceptors (Lipinski definition) is 3. The molecule has 5 nitrogen and oxygen atoms in total. The monoisotopic (exact) mass is 555 g/mol. The predicted octanol–water partition coefficient (Wildman–Crippen LogP) is 3.94. The van der Waals surface area contributed by atoms with Gasteiger partial charge in [0.25, 0.3) is 0 Å². The van der Waals surface area contributed by atoms with Crippen molar-refractivity contribution >= 4 is 45.9 Å². The highest BCUT2D eigenvalue weighted by molar-refractivity contribution is 14.0. The standard InChI is InChI=1S/C19H27BrFN3O2.HI/c1-22-19(23-12-14-4-5-17(20)18(21)11-14)24-8-6-15(7-9-24)26-13-16-3-2-10-25-16;/h4-5,11,15-16H,2-3,6-10,12-13H2,1H3,(H,22,23);1H. The number of halogens is 3. The molecule has 0 radical (unpaired) electrons. The molecular formula is C19H28BrFIN3O2. The van der Waals surface area contributed by atoms with Crippen molar-refractivity contribution in [2.24, 2.45) is 4.99 Å². The highest BCUT2D eigenvalue weighted by Gasteiger charge is 2.24. The molecule has 1 unspecified atom stereocenters. The molecule has 152 valence electrons. The van der Waals surface area contributed by atoms with Crippen LogP contribution in [0.15, 0.2) is 27.7 Å². The van der Waals surface area contributed by atoms with E-state index in [1.165, 1.54) is 6.07 Å². The van der Waals surface area contributed by atoms with Crippen LogP contribution in [0.25, 0.3) is 0 Å². The number of benzene rings is 1. The largest absolute Gasteiger partial charge is 0.376 e. The van der Waals surface area contributed by atoms with Crippen LogP contribution in [-0.2, 0) is 16.0 Å². The molecule has 0 spiro atoms. The average molecular weight is 556 g/mol. The minimum Gasteiger partial charge on any atom is -0.376 e. The zero-order valence-electron chi connectivity index (χ0n) is 15.6. The van der Waals surface area contributed by atoms with E-state index in [0.717, 1.165) is 56.9 Å². The topological polar surface area (TPSA) is 46.1 Å². The van der Waals surface area contributed by atoms with Crippen LogP contribution < -0.4 is 5.32 Å². The molecule has 0 aromatic heterocycles. The molecular weight excluding hydrogens is 528 g/mol. The molecule has 3 rings (SSSR count). The Labute approximate surface area is 186 Å². The predicted molar refractivity (Wildman–Crippen MR) is 119 cm³/mol. The lowest BCUT2D eigenvalue weighted by Gasteiger charge is -2.34. The van der Waals surface area contributed by atoms with Crippen LogP contribution in [0.2, 0.25) is 0 Å². The minimum absolute atomic E-state index is 0. The minimum atomic E-state index is -0.247. The number of guanidine groups is 1. The summed E-state index contributed by atoms with van der Waals surface area (Å²) < 4.78 is 25.8. The molecule has 1 atom stereocenters. The van der Waals surface area contributed by atoms with Gasteiger partial charge in [0.2, 0.25) is 0 Å². The molecule has 1 aromatic carbocycles. The van der Waals surface area contributed by atoms with Crippen LogP contribution in [0, 0.1) is 5.82 Å². The number of nitrogens with one attached hydrogen (secondary N) is 1. The van der Waals surface area contributed by atoms with Gasteiger partial charge in [0.15, 0.2) is 5.96 Å². The summed E-state index contributed by atoms with van der Waals surface area (Å²) in [4.78, 5) is 6.61. The van der Waals surface area contributed by atoms with Gasteiger partial charge >= 0.3 is 0 Å². The first-order chi connectivity index (χ1) is 12.7. The third kappa shape index (κ3) is 6.83. The summed E-state index contributed by atoms with van der Waals surface area (Å²) in [6.45, 7) is 3.95. The van der Waals surface area contributed by atoms with Crippen molar-refractivity contribution in [2.75, 3.05) is 33.4 Å². The first kappa shape index (κ1) is 22.8. The molecule has 2 saturated heterocycles. The Bertz CT molecular complexity index is 621. The number of hydrogen-bond donors (Lipinski definition) is 1. The maximum absolute atomic E-state index is 13.6. The quantitative estimate of drug-likeness (QED) is 0.340. The fraction of sp³-hybridized carbons (Fsp3) is 0.632. The van der Waals surface area contributed by atoms with Crippen LogP contribution >= 0.6 is 39.9 Å². The lowest BCUT2D eigenvalue weighted by atomic mass is 10.1. The molecule has 1 N–H and O–H groups in total. The van der Waals surface area contributed by atoms with E-state index in [9.17, 15) is 4.39 Å². The lowest BCUT2D eigenvalue weighted by Crippen LogP contribution is -2.47. The van der Waals surface area contributed by atoms with Gasteiger partial charge in [0.1, 0.15) is 5.82 Å². The van der Waals surface area contributed by atoms with Crippen LogP contribution in [0.1, 0.15) is 31.2 Å². The number of nitrogens with zero attached hydrogens (tertiary/aromatic N) is 2. The molecule has 2 aliphatic rings. The van der Waals surface area contributed by atoms with Gasteiger partial charge in [-0.3, -0.25) is 4.99 Å². The van der Waals surface area contributed by atoms with Crippen molar-refractivity contribution in [2.45, 2.75) is 44.4 Å². The molecule has 0 bridgehead atoms. The van der Waals surface area contributed by atoms with Crippen molar-refractivity contribution < 1.29 is 13.9 Å². The Morgan fingerprint density at radius 2 is 2.15 bits per heavy atom. The highest BCUT2D eigenvalue weighted by Crippen LogP contribution is 2.19. The summed E-state index contributed by atoms with van der Waals surface area (Å²) in [6, 6.07) is 5.17. The maximum atomic E-state index is 13.6. The first-order valence-electron chi connectivity index (χ1n) is 9.28. The summed E-state index contributed by atoms with van der Waals surface area (Å²) in [5.74, 6) is 0.606. The van der Waals surface area contributed by atoms with Gasteiger partial charge in [-0.1, -0.05) is 6.07 Å². The third-order valence-electron chi connectivity index (χ3n) is 4.93. The van der Waals surface area contributed by atoms with E-state index in [4.69, 9.17) is 9.47 Å². The number of aliphatic imine (C=N–C) groups is 1. The van der Waals surface area contributed by atoms with Crippen molar-refractivity contribution in [1.29, 1.82) is 0 Å². The van der Waals surface area contributed by atoms with Crippen LogP contribution in [0.5, 0.6) is 0 Å². The van der Waals surface area contributed by atoms with Crippen molar-refractivity contribution in [3.05, 3.63) is 34.1 Å². The molecule has 0 aliphatic carbocycles. The van der Waals surface area contributed by atoms with E-state index >= 15 is 0 Å². The van der Waals surface area contributed by atoms with Crippen molar-refractivity contribution in [3.8, 4) is 0 Å². The fourth-order valence-corrected chi connectivity index (χ4v) is 3.66. The summed E-state index contributed by atoms with van der Waals surface area (Å²) >= 11 is 3.18. The van der Waals surface area contributed by atoms with Gasteiger partial charge in [-0.2, -0.15) is 0 Å². The second kappa shape index (κ2) is 11.5. The third-order valence-corrected chi connectivity index (χ3v) is 5.57. The SMILES string of the molecule is CN=C(NCc1ccc(Br)c(F)c1)N1CCC(OCC2CCCO2)CC1.I. The number of piperidine rings is 1. The van der Waals surface area contributed by atoms with E-state index in [1.54, 1.807) is 13.1 Å². The van der Waals surface area contributed by atoms with E-state index < -0.39 is 0 Å². The molecule has 0 amide bonds. The fourth-order valence-electron chi connectivity index (χ4n) is 3.42. The summed E-state index contributed by atoms with van der Waals surface area (Å²) in [5, 5.41) is 3.33. The first-order valence-corrected chi connectivity index (χ1v) is 10.1. The average Bonchev–Trinajstić information content (AvgIpc) is 3.18. The summed E-state index contributed by atoms with van der Waals surface area (Å²) in [5.41, 5.74) is 0.890. The molecule has 0 saturated carbocycles. The Hall–Kier alpha value is -0.450. The lowest BCUT2D eigenvalue weighted by molar-refractivity contribution is -0.0367. The Morgan fingerprint density at radius 1 is 1.37 bits per heavy atom. The van der Waals surface area contributed by atoms with Crippen molar-refractivity contribution in [3.63, 3.8) is 0 Å². The zero-order chi connectivity index (χ0) is 18.4. The molecule has 2 heterocycles. The van der Waals surface area contributed by atoms with E-state index in [1.807, 2.05) is 6.07 Å². The van der Waals surface area contributed by atoms with Crippen LogP contribution in [-0.4, -0.2) is 56.4 Å².